The number of hydrogen-bond donors (Lipinski definition) is 1. The Morgan fingerprint density at radius 3 is 2.17 bits per heavy atom. The van der Waals surface area contributed by atoms with Crippen LogP contribution in [0.3, 0.4) is 0 Å². The number of carbonyl (C=O) groups is 1. The van der Waals surface area contributed by atoms with Gasteiger partial charge in [-0.1, -0.05) is 30.3 Å². The van der Waals surface area contributed by atoms with E-state index in [2.05, 4.69) is 5.32 Å². The van der Waals surface area contributed by atoms with Crippen molar-refractivity contribution >= 4 is 21.9 Å². The summed E-state index contributed by atoms with van der Waals surface area (Å²) < 4.78 is 34.9. The molecule has 0 aliphatic heterocycles. The summed E-state index contributed by atoms with van der Waals surface area (Å²) >= 11 is 0. The highest BCUT2D eigenvalue weighted by Gasteiger charge is 2.21. The monoisotopic (exact) mass is 349 g/mol. The summed E-state index contributed by atoms with van der Waals surface area (Å²) in [6.07, 6.45) is -0.698. The van der Waals surface area contributed by atoms with Crippen LogP contribution in [0.25, 0.3) is 0 Å². The van der Waals surface area contributed by atoms with Crippen molar-refractivity contribution in [2.24, 2.45) is 0 Å². The zero-order valence-corrected chi connectivity index (χ0v) is 14.5. The van der Waals surface area contributed by atoms with E-state index in [-0.39, 0.29) is 16.3 Å². The molecule has 2 aromatic rings. The Morgan fingerprint density at radius 1 is 0.958 bits per heavy atom. The fourth-order valence-electron chi connectivity index (χ4n) is 1.81. The van der Waals surface area contributed by atoms with Crippen molar-refractivity contribution < 1.29 is 22.1 Å². The van der Waals surface area contributed by atoms with Crippen LogP contribution in [0.15, 0.2) is 59.5 Å². The number of amides is 1. The van der Waals surface area contributed by atoms with E-state index in [9.17, 15) is 13.2 Å². The van der Waals surface area contributed by atoms with Gasteiger partial charge in [0.15, 0.2) is 5.75 Å². The van der Waals surface area contributed by atoms with Gasteiger partial charge in [-0.3, -0.25) is 5.32 Å². The van der Waals surface area contributed by atoms with E-state index in [0.29, 0.717) is 0 Å². The van der Waals surface area contributed by atoms with Gasteiger partial charge in [0.2, 0.25) is 0 Å². The molecule has 2 rings (SSSR count). The second kappa shape index (κ2) is 6.92. The van der Waals surface area contributed by atoms with Crippen LogP contribution in [0.4, 0.5) is 10.5 Å². The minimum atomic E-state index is -4.00. The summed E-state index contributed by atoms with van der Waals surface area (Å²) in [4.78, 5) is 11.9. The van der Waals surface area contributed by atoms with Gasteiger partial charge in [0.1, 0.15) is 10.5 Å². The molecule has 2 aromatic carbocycles. The van der Waals surface area contributed by atoms with Crippen LogP contribution in [-0.4, -0.2) is 20.1 Å². The normalized spacial score (nSPS) is 11.6. The average Bonchev–Trinajstić information content (AvgIpc) is 2.48. The second-order valence-corrected chi connectivity index (χ2v) is 7.52. The predicted molar refractivity (Wildman–Crippen MR) is 90.6 cm³/mol. The zero-order valence-electron chi connectivity index (χ0n) is 13.6. The van der Waals surface area contributed by atoms with Gasteiger partial charge in [-0.2, -0.15) is 8.42 Å². The standard InChI is InChI=1S/C17H19NO5S/c1-17(2,3)22-16(19)18-14-11-7-8-12-15(14)23-24(20,21)13-9-5-4-6-10-13/h4-12H,1-3H3,(H,18,19). The number of anilines is 1. The first-order chi connectivity index (χ1) is 11.2. The molecular formula is C17H19NO5S. The average molecular weight is 349 g/mol. The number of ether oxygens (including phenoxy) is 1. The van der Waals surface area contributed by atoms with Gasteiger partial charge in [0, 0.05) is 0 Å². The molecule has 6 nitrogen and oxygen atoms in total. The Hall–Kier alpha value is -2.54. The molecule has 0 aliphatic rings. The minimum Gasteiger partial charge on any atom is -0.444 e. The van der Waals surface area contributed by atoms with E-state index in [4.69, 9.17) is 8.92 Å². The van der Waals surface area contributed by atoms with Crippen LogP contribution in [-0.2, 0) is 14.9 Å². The van der Waals surface area contributed by atoms with Crippen LogP contribution in [0, 0.1) is 0 Å². The van der Waals surface area contributed by atoms with E-state index in [1.54, 1.807) is 51.1 Å². The van der Waals surface area contributed by atoms with Crippen molar-refractivity contribution in [3.8, 4) is 5.75 Å². The lowest BCUT2D eigenvalue weighted by atomic mass is 10.2. The Labute approximate surface area is 141 Å². The number of nitrogens with one attached hydrogen (secondary N) is 1. The first-order valence-corrected chi connectivity index (χ1v) is 8.67. The summed E-state index contributed by atoms with van der Waals surface area (Å²) in [5.41, 5.74) is -0.470. The Balaban J connectivity index is 2.22. The second-order valence-electron chi connectivity index (χ2n) is 5.97. The Kier molecular flexibility index (Phi) is 5.14. The molecule has 0 fully saturated rings. The largest absolute Gasteiger partial charge is 0.444 e. The molecule has 24 heavy (non-hydrogen) atoms. The van der Waals surface area contributed by atoms with Gasteiger partial charge in [-0.25, -0.2) is 4.79 Å². The van der Waals surface area contributed by atoms with Crippen LogP contribution < -0.4 is 9.50 Å². The number of hydrogen-bond acceptors (Lipinski definition) is 5. The maximum atomic E-state index is 12.3. The highest BCUT2D eigenvalue weighted by molar-refractivity contribution is 7.87. The zero-order chi connectivity index (χ0) is 17.8. The van der Waals surface area contributed by atoms with Gasteiger partial charge < -0.3 is 8.92 Å². The maximum Gasteiger partial charge on any atom is 0.412 e. The maximum absolute atomic E-state index is 12.3. The van der Waals surface area contributed by atoms with E-state index in [0.717, 1.165) is 0 Å². The Morgan fingerprint density at radius 2 is 1.54 bits per heavy atom. The van der Waals surface area contributed by atoms with Crippen molar-refractivity contribution in [1.82, 2.24) is 0 Å². The highest BCUT2D eigenvalue weighted by Crippen LogP contribution is 2.27. The van der Waals surface area contributed by atoms with Crippen molar-refractivity contribution in [2.75, 3.05) is 5.32 Å². The molecule has 0 heterocycles. The third-order valence-corrected chi connectivity index (χ3v) is 4.00. The molecule has 1 N–H and O–H groups in total. The van der Waals surface area contributed by atoms with Crippen LogP contribution in [0.2, 0.25) is 0 Å². The molecule has 0 unspecified atom stereocenters. The summed E-state index contributed by atoms with van der Waals surface area (Å²) in [5, 5.41) is 2.49. The number of rotatable bonds is 4. The molecule has 0 bridgehead atoms. The van der Waals surface area contributed by atoms with E-state index in [1.807, 2.05) is 0 Å². The first kappa shape index (κ1) is 17.8. The van der Waals surface area contributed by atoms with Crippen LogP contribution in [0.1, 0.15) is 20.8 Å². The lowest BCUT2D eigenvalue weighted by Gasteiger charge is -2.20. The molecular weight excluding hydrogens is 330 g/mol. The molecule has 0 saturated carbocycles. The molecule has 0 spiro atoms. The van der Waals surface area contributed by atoms with E-state index in [1.165, 1.54) is 24.3 Å². The van der Waals surface area contributed by atoms with Crippen molar-refractivity contribution in [2.45, 2.75) is 31.3 Å². The molecule has 0 radical (unpaired) electrons. The number of para-hydroxylation sites is 2. The van der Waals surface area contributed by atoms with Crippen molar-refractivity contribution in [3.05, 3.63) is 54.6 Å². The molecule has 0 aliphatic carbocycles. The van der Waals surface area contributed by atoms with Crippen molar-refractivity contribution in [1.29, 1.82) is 0 Å². The summed E-state index contributed by atoms with van der Waals surface area (Å²) in [6, 6.07) is 14.0. The molecule has 1 amide bonds. The summed E-state index contributed by atoms with van der Waals surface area (Å²) in [6.45, 7) is 5.19. The molecule has 0 atom stereocenters. The number of carbonyl (C=O) groups excluding carboxylic acids is 1. The Bertz CT molecular complexity index is 810. The minimum absolute atomic E-state index is 0.00668. The smallest absolute Gasteiger partial charge is 0.412 e. The van der Waals surface area contributed by atoms with E-state index < -0.39 is 21.8 Å². The van der Waals surface area contributed by atoms with Gasteiger partial charge in [-0.15, -0.1) is 0 Å². The van der Waals surface area contributed by atoms with Gasteiger partial charge >= 0.3 is 16.2 Å². The van der Waals surface area contributed by atoms with Crippen LogP contribution >= 0.6 is 0 Å². The first-order valence-electron chi connectivity index (χ1n) is 7.26. The lowest BCUT2D eigenvalue weighted by Crippen LogP contribution is -2.27. The van der Waals surface area contributed by atoms with Gasteiger partial charge in [-0.05, 0) is 45.0 Å². The third kappa shape index (κ3) is 4.99. The lowest BCUT2D eigenvalue weighted by molar-refractivity contribution is 0.0635. The SMILES string of the molecule is CC(C)(C)OC(=O)Nc1ccccc1OS(=O)(=O)c1ccccc1. The third-order valence-electron chi connectivity index (χ3n) is 2.75. The summed E-state index contributed by atoms with van der Waals surface area (Å²) in [7, 11) is -4.00. The highest BCUT2D eigenvalue weighted by atomic mass is 32.2. The molecule has 128 valence electrons. The topological polar surface area (TPSA) is 81.7 Å². The predicted octanol–water partition coefficient (Wildman–Crippen LogP) is 3.80. The van der Waals surface area contributed by atoms with Crippen molar-refractivity contribution in [3.63, 3.8) is 0 Å². The molecule has 7 heteroatoms. The molecule has 0 saturated heterocycles. The van der Waals surface area contributed by atoms with Gasteiger partial charge in [0.25, 0.3) is 0 Å². The number of benzene rings is 2. The molecule has 0 aromatic heterocycles. The fourth-order valence-corrected chi connectivity index (χ4v) is 2.78. The summed E-state index contributed by atoms with van der Waals surface area (Å²) in [5.74, 6) is 0.00668. The van der Waals surface area contributed by atoms with Crippen LogP contribution in [0.5, 0.6) is 5.75 Å². The fraction of sp³-hybridized carbons (Fsp3) is 0.235. The van der Waals surface area contributed by atoms with Gasteiger partial charge in [0.05, 0.1) is 5.69 Å². The van der Waals surface area contributed by atoms with E-state index >= 15 is 0 Å². The quantitative estimate of drug-likeness (QED) is 0.849.